The number of nitrogens with one attached hydrogen (secondary N) is 1. The van der Waals surface area contributed by atoms with Gasteiger partial charge in [0.15, 0.2) is 0 Å². The van der Waals surface area contributed by atoms with Gasteiger partial charge >= 0.3 is 0 Å². The molecule has 2 saturated heterocycles. The third-order valence-electron chi connectivity index (χ3n) is 4.04. The minimum Gasteiger partial charge on any atom is -0.394 e. The monoisotopic (exact) mass is 256 g/mol. The molecule has 1 amide bonds. The molecule has 0 aromatic carbocycles. The molecule has 2 N–H and O–H groups in total. The zero-order valence-corrected chi connectivity index (χ0v) is 11.1. The van der Waals surface area contributed by atoms with Crippen LogP contribution in [-0.2, 0) is 9.53 Å². The van der Waals surface area contributed by atoms with E-state index in [1.54, 1.807) is 0 Å². The van der Waals surface area contributed by atoms with Crippen LogP contribution in [-0.4, -0.2) is 60.9 Å². The molecule has 2 rings (SSSR count). The summed E-state index contributed by atoms with van der Waals surface area (Å²) in [6.45, 7) is 5.10. The van der Waals surface area contributed by atoms with Crippen molar-refractivity contribution >= 4 is 5.91 Å². The maximum atomic E-state index is 12.3. The summed E-state index contributed by atoms with van der Waals surface area (Å²) in [5.74, 6) is 0.452. The molecule has 2 unspecified atom stereocenters. The Bertz CT molecular complexity index is 277. The average molecular weight is 256 g/mol. The predicted molar refractivity (Wildman–Crippen MR) is 68.2 cm³/mol. The Hall–Kier alpha value is -0.650. The lowest BCUT2D eigenvalue weighted by molar-refractivity contribution is -0.138. The second kappa shape index (κ2) is 6.50. The molecule has 0 spiro atoms. The zero-order valence-electron chi connectivity index (χ0n) is 11.1. The highest BCUT2D eigenvalue weighted by atomic mass is 16.5. The predicted octanol–water partition coefficient (Wildman–Crippen LogP) is -0.0157. The minimum atomic E-state index is 0.0738. The number of aliphatic hydroxyl groups excluding tert-OH is 1. The normalized spacial score (nSPS) is 29.8. The summed E-state index contributed by atoms with van der Waals surface area (Å²) in [4.78, 5) is 14.3. The van der Waals surface area contributed by atoms with Crippen LogP contribution in [0.2, 0.25) is 0 Å². The van der Waals surface area contributed by atoms with E-state index in [2.05, 4.69) is 12.2 Å². The van der Waals surface area contributed by atoms with Crippen LogP contribution in [0.3, 0.4) is 0 Å². The number of hydrogen-bond acceptors (Lipinski definition) is 4. The van der Waals surface area contributed by atoms with Crippen LogP contribution >= 0.6 is 0 Å². The third kappa shape index (κ3) is 3.22. The van der Waals surface area contributed by atoms with Crippen molar-refractivity contribution < 1.29 is 14.6 Å². The first-order valence-electron chi connectivity index (χ1n) is 6.97. The number of ether oxygens (including phenoxy) is 1. The standard InChI is InChI=1S/C13H24N2O3/c1-10-12(2-5-14-10)13(17)15-6-3-11(4-7-15)18-9-8-16/h10-12,14,16H,2-9H2,1H3. The first-order valence-corrected chi connectivity index (χ1v) is 6.97. The van der Waals surface area contributed by atoms with E-state index in [0.717, 1.165) is 38.9 Å². The summed E-state index contributed by atoms with van der Waals surface area (Å²) in [7, 11) is 0. The number of rotatable bonds is 4. The van der Waals surface area contributed by atoms with Gasteiger partial charge in [0.2, 0.25) is 5.91 Å². The summed E-state index contributed by atoms with van der Waals surface area (Å²) in [6, 6.07) is 0.306. The van der Waals surface area contributed by atoms with Crippen molar-refractivity contribution in [3.63, 3.8) is 0 Å². The van der Waals surface area contributed by atoms with Gasteiger partial charge in [0, 0.05) is 19.1 Å². The Morgan fingerprint density at radius 3 is 2.67 bits per heavy atom. The van der Waals surface area contributed by atoms with Gasteiger partial charge in [-0.15, -0.1) is 0 Å². The summed E-state index contributed by atoms with van der Waals surface area (Å²) in [5, 5.41) is 12.0. The highest BCUT2D eigenvalue weighted by Crippen LogP contribution is 2.21. The quantitative estimate of drug-likeness (QED) is 0.742. The number of likely N-dealkylation sites (tertiary alicyclic amines) is 1. The maximum absolute atomic E-state index is 12.3. The molecule has 2 atom stereocenters. The van der Waals surface area contributed by atoms with Gasteiger partial charge in [0.25, 0.3) is 0 Å². The summed E-state index contributed by atoms with van der Waals surface area (Å²) < 4.78 is 5.51. The van der Waals surface area contributed by atoms with Gasteiger partial charge in [-0.2, -0.15) is 0 Å². The molecular formula is C13H24N2O3. The van der Waals surface area contributed by atoms with Crippen molar-refractivity contribution in [1.82, 2.24) is 10.2 Å². The van der Waals surface area contributed by atoms with Crippen molar-refractivity contribution in [1.29, 1.82) is 0 Å². The van der Waals surface area contributed by atoms with Crippen molar-refractivity contribution in [3.8, 4) is 0 Å². The van der Waals surface area contributed by atoms with Crippen LogP contribution in [0.25, 0.3) is 0 Å². The van der Waals surface area contributed by atoms with Crippen LogP contribution in [0.4, 0.5) is 0 Å². The molecule has 0 aromatic rings. The van der Waals surface area contributed by atoms with Crippen LogP contribution in [0.15, 0.2) is 0 Å². The van der Waals surface area contributed by atoms with Gasteiger partial charge in [-0.3, -0.25) is 4.79 Å². The summed E-state index contributed by atoms with van der Waals surface area (Å²) in [5.41, 5.74) is 0. The fourth-order valence-corrected chi connectivity index (χ4v) is 2.89. The number of aliphatic hydroxyl groups is 1. The van der Waals surface area contributed by atoms with Gasteiger partial charge in [-0.25, -0.2) is 0 Å². The van der Waals surface area contributed by atoms with Crippen LogP contribution in [0.5, 0.6) is 0 Å². The maximum Gasteiger partial charge on any atom is 0.227 e. The largest absolute Gasteiger partial charge is 0.394 e. The SMILES string of the molecule is CC1NCCC1C(=O)N1CCC(OCCO)CC1. The molecule has 0 aromatic heterocycles. The van der Waals surface area contributed by atoms with Gasteiger partial charge < -0.3 is 20.1 Å². The smallest absolute Gasteiger partial charge is 0.227 e. The molecule has 5 heteroatoms. The van der Waals surface area contributed by atoms with Gasteiger partial charge in [0.1, 0.15) is 0 Å². The fourth-order valence-electron chi connectivity index (χ4n) is 2.89. The molecule has 0 radical (unpaired) electrons. The van der Waals surface area contributed by atoms with E-state index in [4.69, 9.17) is 9.84 Å². The Morgan fingerprint density at radius 1 is 1.39 bits per heavy atom. The lowest BCUT2D eigenvalue weighted by atomic mass is 9.98. The van der Waals surface area contributed by atoms with E-state index in [1.165, 1.54) is 0 Å². The molecule has 104 valence electrons. The van der Waals surface area contributed by atoms with E-state index in [9.17, 15) is 4.79 Å². The molecule has 0 bridgehead atoms. The van der Waals surface area contributed by atoms with Gasteiger partial charge in [-0.05, 0) is 32.7 Å². The van der Waals surface area contributed by atoms with E-state index in [1.807, 2.05) is 4.90 Å². The van der Waals surface area contributed by atoms with Crippen molar-refractivity contribution in [2.75, 3.05) is 32.8 Å². The lowest BCUT2D eigenvalue weighted by Gasteiger charge is -2.34. The van der Waals surface area contributed by atoms with Crippen molar-refractivity contribution in [3.05, 3.63) is 0 Å². The number of nitrogens with zero attached hydrogens (tertiary/aromatic N) is 1. The number of amides is 1. The Morgan fingerprint density at radius 2 is 2.11 bits per heavy atom. The molecule has 2 heterocycles. The number of carbonyl (C=O) groups is 1. The van der Waals surface area contributed by atoms with Crippen molar-refractivity contribution in [2.24, 2.45) is 5.92 Å². The summed E-state index contributed by atoms with van der Waals surface area (Å²) in [6.07, 6.45) is 2.95. The molecule has 2 fully saturated rings. The van der Waals surface area contributed by atoms with E-state index < -0.39 is 0 Å². The fraction of sp³-hybridized carbons (Fsp3) is 0.923. The second-order valence-electron chi connectivity index (χ2n) is 5.26. The van der Waals surface area contributed by atoms with Crippen molar-refractivity contribution in [2.45, 2.75) is 38.3 Å². The number of piperidine rings is 1. The van der Waals surface area contributed by atoms with E-state index in [0.29, 0.717) is 18.6 Å². The first-order chi connectivity index (χ1) is 8.72. The highest BCUT2D eigenvalue weighted by Gasteiger charge is 2.34. The average Bonchev–Trinajstić information content (AvgIpc) is 2.82. The number of carbonyl (C=O) groups excluding carboxylic acids is 1. The zero-order chi connectivity index (χ0) is 13.0. The Labute approximate surface area is 108 Å². The van der Waals surface area contributed by atoms with E-state index >= 15 is 0 Å². The second-order valence-corrected chi connectivity index (χ2v) is 5.26. The third-order valence-corrected chi connectivity index (χ3v) is 4.04. The minimum absolute atomic E-state index is 0.0738. The topological polar surface area (TPSA) is 61.8 Å². The van der Waals surface area contributed by atoms with E-state index in [-0.39, 0.29) is 18.6 Å². The van der Waals surface area contributed by atoms with Gasteiger partial charge in [-0.1, -0.05) is 0 Å². The number of hydrogen-bond donors (Lipinski definition) is 2. The van der Waals surface area contributed by atoms with Gasteiger partial charge in [0.05, 0.1) is 25.2 Å². The molecular weight excluding hydrogens is 232 g/mol. The molecule has 0 aliphatic carbocycles. The Kier molecular flexibility index (Phi) is 4.97. The molecule has 18 heavy (non-hydrogen) atoms. The van der Waals surface area contributed by atoms with Crippen LogP contribution in [0, 0.1) is 5.92 Å². The highest BCUT2D eigenvalue weighted by molar-refractivity contribution is 5.80. The molecule has 5 nitrogen and oxygen atoms in total. The van der Waals surface area contributed by atoms with Crippen LogP contribution < -0.4 is 5.32 Å². The van der Waals surface area contributed by atoms with Crippen LogP contribution in [0.1, 0.15) is 26.2 Å². The molecule has 2 aliphatic rings. The molecule has 0 saturated carbocycles. The summed E-state index contributed by atoms with van der Waals surface area (Å²) >= 11 is 0. The lowest BCUT2D eigenvalue weighted by Crippen LogP contribution is -2.45. The first kappa shape index (κ1) is 13.8. The Balaban J connectivity index is 1.77. The molecule has 2 aliphatic heterocycles.